The molecule has 0 bridgehead atoms. The molecule has 0 atom stereocenters. The first-order chi connectivity index (χ1) is 6.15. The molecule has 1 aromatic carbocycles. The highest BCUT2D eigenvalue weighted by Gasteiger charge is 1.99. The van der Waals surface area contributed by atoms with E-state index in [1.54, 1.807) is 6.08 Å². The molecule has 13 heavy (non-hydrogen) atoms. The van der Waals surface area contributed by atoms with Gasteiger partial charge in [-0.1, -0.05) is 34.1 Å². The van der Waals surface area contributed by atoms with Crippen LogP contribution in [0.2, 0.25) is 0 Å². The first-order valence-electron chi connectivity index (χ1n) is 4.03. The van der Waals surface area contributed by atoms with Crippen molar-refractivity contribution in [2.75, 3.05) is 0 Å². The lowest BCUT2D eigenvalue weighted by atomic mass is 10.1. The number of carbonyl (C=O) groups excluding carboxylic acids is 1. The van der Waals surface area contributed by atoms with E-state index < -0.39 is 0 Å². The molecular weight excluding hydrogens is 228 g/mol. The molecule has 2 heteroatoms. The van der Waals surface area contributed by atoms with E-state index in [-0.39, 0.29) is 0 Å². The molecule has 68 valence electrons. The third-order valence-electron chi connectivity index (χ3n) is 1.83. The summed E-state index contributed by atoms with van der Waals surface area (Å²) in [7, 11) is 0. The van der Waals surface area contributed by atoms with Gasteiger partial charge in [0.1, 0.15) is 6.29 Å². The third kappa shape index (κ3) is 2.52. The van der Waals surface area contributed by atoms with Gasteiger partial charge in [0.05, 0.1) is 0 Å². The van der Waals surface area contributed by atoms with Crippen LogP contribution in [0.1, 0.15) is 16.7 Å². The van der Waals surface area contributed by atoms with Gasteiger partial charge in [0, 0.05) is 4.47 Å². The van der Waals surface area contributed by atoms with Crippen LogP contribution in [0.15, 0.2) is 22.7 Å². The monoisotopic (exact) mass is 238 g/mol. The standard InChI is InChI=1S/C11H11BrO/c1-8-6-10(4-3-5-13)7-9(2)11(8)12/h3-7H,1-2H3/b4-3+. The molecule has 0 saturated heterocycles. The van der Waals surface area contributed by atoms with Crippen LogP contribution in [-0.4, -0.2) is 6.29 Å². The maximum atomic E-state index is 10.1. The van der Waals surface area contributed by atoms with E-state index >= 15 is 0 Å². The second-order valence-electron chi connectivity index (χ2n) is 2.96. The van der Waals surface area contributed by atoms with Crippen molar-refractivity contribution in [3.8, 4) is 0 Å². The summed E-state index contributed by atoms with van der Waals surface area (Å²) < 4.78 is 1.13. The molecule has 1 rings (SSSR count). The summed E-state index contributed by atoms with van der Waals surface area (Å²) >= 11 is 3.49. The molecule has 0 unspecified atom stereocenters. The first-order valence-corrected chi connectivity index (χ1v) is 4.83. The van der Waals surface area contributed by atoms with Gasteiger partial charge in [0.15, 0.2) is 0 Å². The van der Waals surface area contributed by atoms with Crippen LogP contribution in [0, 0.1) is 13.8 Å². The zero-order chi connectivity index (χ0) is 9.84. The molecule has 0 aromatic heterocycles. The van der Waals surface area contributed by atoms with Crippen LogP contribution in [0.25, 0.3) is 6.08 Å². The second-order valence-corrected chi connectivity index (χ2v) is 3.76. The number of aldehydes is 1. The van der Waals surface area contributed by atoms with Gasteiger partial charge in [0.2, 0.25) is 0 Å². The molecule has 0 aliphatic carbocycles. The summed E-state index contributed by atoms with van der Waals surface area (Å²) in [4.78, 5) is 10.1. The van der Waals surface area contributed by atoms with Gasteiger partial charge in [-0.05, 0) is 36.6 Å². The molecular formula is C11H11BrO. The number of aryl methyl sites for hydroxylation is 2. The highest BCUT2D eigenvalue weighted by atomic mass is 79.9. The fraction of sp³-hybridized carbons (Fsp3) is 0.182. The van der Waals surface area contributed by atoms with Crippen LogP contribution in [-0.2, 0) is 4.79 Å². The molecule has 1 nitrogen and oxygen atoms in total. The average molecular weight is 239 g/mol. The SMILES string of the molecule is Cc1cc(/C=C/C=O)cc(C)c1Br. The van der Waals surface area contributed by atoms with Gasteiger partial charge < -0.3 is 0 Å². The van der Waals surface area contributed by atoms with E-state index in [1.807, 2.05) is 26.0 Å². The Labute approximate surface area is 86.6 Å². The maximum absolute atomic E-state index is 10.1. The fourth-order valence-electron chi connectivity index (χ4n) is 1.23. The molecule has 0 saturated carbocycles. The maximum Gasteiger partial charge on any atom is 0.142 e. The van der Waals surface area contributed by atoms with E-state index in [0.29, 0.717) is 0 Å². The van der Waals surface area contributed by atoms with Gasteiger partial charge >= 0.3 is 0 Å². The van der Waals surface area contributed by atoms with Crippen LogP contribution in [0.5, 0.6) is 0 Å². The summed E-state index contributed by atoms with van der Waals surface area (Å²) in [6.07, 6.45) is 4.09. The zero-order valence-electron chi connectivity index (χ0n) is 7.67. The van der Waals surface area contributed by atoms with Gasteiger partial charge in [-0.15, -0.1) is 0 Å². The van der Waals surface area contributed by atoms with Crippen molar-refractivity contribution in [3.63, 3.8) is 0 Å². The number of carbonyl (C=O) groups is 1. The number of benzene rings is 1. The molecule has 0 fully saturated rings. The fourth-order valence-corrected chi connectivity index (χ4v) is 1.45. The number of halogens is 1. The van der Waals surface area contributed by atoms with Crippen LogP contribution in [0.4, 0.5) is 0 Å². The molecule has 0 aliphatic rings. The highest BCUT2D eigenvalue weighted by Crippen LogP contribution is 2.22. The van der Waals surface area contributed by atoms with Gasteiger partial charge in [-0.25, -0.2) is 0 Å². The molecule has 0 radical (unpaired) electrons. The average Bonchev–Trinajstić information content (AvgIpc) is 2.10. The lowest BCUT2D eigenvalue weighted by Gasteiger charge is -2.04. The normalized spacial score (nSPS) is 10.7. The Morgan fingerprint density at radius 2 is 1.77 bits per heavy atom. The molecule has 0 aliphatic heterocycles. The summed E-state index contributed by atoms with van der Waals surface area (Å²) in [6, 6.07) is 4.08. The Morgan fingerprint density at radius 3 is 2.23 bits per heavy atom. The van der Waals surface area contributed by atoms with Crippen molar-refractivity contribution in [2.45, 2.75) is 13.8 Å². The third-order valence-corrected chi connectivity index (χ3v) is 3.08. The summed E-state index contributed by atoms with van der Waals surface area (Å²) in [5.74, 6) is 0. The minimum absolute atomic E-state index is 0.784. The Bertz CT molecular complexity index is 330. The van der Waals surface area contributed by atoms with Crippen LogP contribution < -0.4 is 0 Å². The van der Waals surface area contributed by atoms with Crippen molar-refractivity contribution < 1.29 is 4.79 Å². The van der Waals surface area contributed by atoms with Crippen molar-refractivity contribution in [1.82, 2.24) is 0 Å². The van der Waals surface area contributed by atoms with Gasteiger partial charge in [-0.2, -0.15) is 0 Å². The van der Waals surface area contributed by atoms with Crippen LogP contribution >= 0.6 is 15.9 Å². The van der Waals surface area contributed by atoms with Crippen molar-refractivity contribution >= 4 is 28.3 Å². The predicted molar refractivity (Wildman–Crippen MR) is 58.7 cm³/mol. The number of allylic oxidation sites excluding steroid dienone is 1. The Morgan fingerprint density at radius 1 is 1.23 bits per heavy atom. The number of hydrogen-bond donors (Lipinski definition) is 0. The minimum Gasteiger partial charge on any atom is -0.299 e. The van der Waals surface area contributed by atoms with Gasteiger partial charge in [-0.3, -0.25) is 4.79 Å². The highest BCUT2D eigenvalue weighted by molar-refractivity contribution is 9.10. The first kappa shape index (κ1) is 10.2. The Hall–Kier alpha value is -0.890. The number of hydrogen-bond acceptors (Lipinski definition) is 1. The number of rotatable bonds is 2. The minimum atomic E-state index is 0.784. The topological polar surface area (TPSA) is 17.1 Å². The summed E-state index contributed by atoms with van der Waals surface area (Å²) in [6.45, 7) is 4.07. The Kier molecular flexibility index (Phi) is 3.43. The van der Waals surface area contributed by atoms with Gasteiger partial charge in [0.25, 0.3) is 0 Å². The van der Waals surface area contributed by atoms with E-state index in [1.165, 1.54) is 17.2 Å². The van der Waals surface area contributed by atoms with Crippen molar-refractivity contribution in [3.05, 3.63) is 39.4 Å². The molecule has 1 aromatic rings. The lowest BCUT2D eigenvalue weighted by Crippen LogP contribution is -1.83. The zero-order valence-corrected chi connectivity index (χ0v) is 9.26. The molecule has 0 spiro atoms. The summed E-state index contributed by atoms with van der Waals surface area (Å²) in [5, 5.41) is 0. The quantitative estimate of drug-likeness (QED) is 0.571. The Balaban J connectivity index is 3.12. The van der Waals surface area contributed by atoms with E-state index in [2.05, 4.69) is 15.9 Å². The largest absolute Gasteiger partial charge is 0.299 e. The smallest absolute Gasteiger partial charge is 0.142 e. The van der Waals surface area contributed by atoms with Crippen molar-refractivity contribution in [1.29, 1.82) is 0 Å². The molecule has 0 heterocycles. The van der Waals surface area contributed by atoms with Crippen LogP contribution in [0.3, 0.4) is 0 Å². The van der Waals surface area contributed by atoms with Crippen molar-refractivity contribution in [2.24, 2.45) is 0 Å². The molecule has 0 N–H and O–H groups in total. The second kappa shape index (κ2) is 4.38. The van der Waals surface area contributed by atoms with E-state index in [4.69, 9.17) is 0 Å². The molecule has 0 amide bonds. The lowest BCUT2D eigenvalue weighted by molar-refractivity contribution is -0.104. The summed E-state index contributed by atoms with van der Waals surface area (Å²) in [5.41, 5.74) is 3.43. The van der Waals surface area contributed by atoms with E-state index in [9.17, 15) is 4.79 Å². The van der Waals surface area contributed by atoms with E-state index in [0.717, 1.165) is 16.3 Å². The predicted octanol–water partition coefficient (Wildman–Crippen LogP) is 3.28.